The number of rotatable bonds is 3. The summed E-state index contributed by atoms with van der Waals surface area (Å²) in [6.45, 7) is 0. The fourth-order valence-electron chi connectivity index (χ4n) is 0.606. The summed E-state index contributed by atoms with van der Waals surface area (Å²) in [4.78, 5) is 14.5. The first-order chi connectivity index (χ1) is 5.97. The molecule has 72 valence electrons. The Hall–Kier alpha value is -0.990. The predicted octanol–water partition coefficient (Wildman–Crippen LogP) is -0.0306. The van der Waals surface area contributed by atoms with Crippen LogP contribution in [0.2, 0.25) is 0 Å². The van der Waals surface area contributed by atoms with Crippen LogP contribution in [0.15, 0.2) is 11.6 Å². The maximum absolute atomic E-state index is 10.8. The van der Waals surface area contributed by atoms with Gasteiger partial charge in [0.25, 0.3) is 10.1 Å². The van der Waals surface area contributed by atoms with Gasteiger partial charge in [0.1, 0.15) is 0 Å². The van der Waals surface area contributed by atoms with Gasteiger partial charge in [-0.1, -0.05) is 0 Å². The van der Waals surface area contributed by atoms with Gasteiger partial charge in [-0.3, -0.25) is 9.35 Å². The number of carbonyl (C=O) groups excluding carboxylic acids is 1. The molecule has 0 fully saturated rings. The quantitative estimate of drug-likeness (QED) is 0.700. The van der Waals surface area contributed by atoms with Gasteiger partial charge in [0.2, 0.25) is 5.91 Å². The molecule has 6 nitrogen and oxygen atoms in total. The van der Waals surface area contributed by atoms with Gasteiger partial charge in [0, 0.05) is 11.6 Å². The second kappa shape index (κ2) is 3.81. The Morgan fingerprint density at radius 2 is 2.38 bits per heavy atom. The highest BCUT2D eigenvalue weighted by molar-refractivity contribution is 7.86. The maximum atomic E-state index is 10.8. The zero-order chi connectivity index (χ0) is 9.90. The third-order valence-electron chi connectivity index (χ3n) is 0.992. The molecule has 0 atom stereocenters. The second-order valence-electron chi connectivity index (χ2n) is 2.11. The molecule has 0 radical (unpaired) electrons. The summed E-state index contributed by atoms with van der Waals surface area (Å²) in [5.74, 6) is -1.76. The maximum Gasteiger partial charge on any atom is 0.274 e. The first kappa shape index (κ1) is 10.1. The average Bonchev–Trinajstić information content (AvgIpc) is 2.34. The first-order valence-electron chi connectivity index (χ1n) is 3.12. The molecule has 1 aromatic rings. The first-order valence-corrected chi connectivity index (χ1v) is 5.61. The van der Waals surface area contributed by atoms with Crippen LogP contribution in [0.3, 0.4) is 0 Å². The molecule has 1 rings (SSSR count). The highest BCUT2D eigenvalue weighted by Crippen LogP contribution is 2.09. The standard InChI is InChI=1S/C5H6N2O4S2/c8-4(3-13(9,10)11)7-5-6-1-2-12-5/h1-2H,3H2,(H,6,7,8)(H,9,10,11). The van der Waals surface area contributed by atoms with Crippen molar-refractivity contribution in [2.24, 2.45) is 0 Å². The van der Waals surface area contributed by atoms with Crippen molar-refractivity contribution in [1.82, 2.24) is 4.98 Å². The second-order valence-corrected chi connectivity index (χ2v) is 4.46. The number of carbonyl (C=O) groups is 1. The molecule has 0 aliphatic rings. The number of aromatic nitrogens is 1. The van der Waals surface area contributed by atoms with Crippen LogP contribution in [0.4, 0.5) is 5.13 Å². The smallest absolute Gasteiger partial charge is 0.274 e. The number of thiazole rings is 1. The highest BCUT2D eigenvalue weighted by atomic mass is 32.2. The lowest BCUT2D eigenvalue weighted by Crippen LogP contribution is -2.22. The van der Waals surface area contributed by atoms with E-state index in [-0.39, 0.29) is 0 Å². The topological polar surface area (TPSA) is 96.4 Å². The van der Waals surface area contributed by atoms with Crippen LogP contribution < -0.4 is 5.32 Å². The minimum Gasteiger partial charge on any atom is -0.301 e. The van der Waals surface area contributed by atoms with Crippen molar-refractivity contribution in [2.75, 3.05) is 11.1 Å². The SMILES string of the molecule is O=C(CS(=O)(=O)O)Nc1nccs1. The number of anilines is 1. The van der Waals surface area contributed by atoms with E-state index in [1.165, 1.54) is 6.20 Å². The minimum absolute atomic E-state index is 0.300. The van der Waals surface area contributed by atoms with Gasteiger partial charge in [0.15, 0.2) is 10.9 Å². The zero-order valence-corrected chi connectivity index (χ0v) is 7.93. The molecule has 2 N–H and O–H groups in total. The molecular formula is C5H6N2O4S2. The van der Waals surface area contributed by atoms with Crippen molar-refractivity contribution in [1.29, 1.82) is 0 Å². The molecule has 0 spiro atoms. The Morgan fingerprint density at radius 3 is 2.85 bits per heavy atom. The van der Waals surface area contributed by atoms with Crippen LogP contribution in [-0.4, -0.2) is 29.6 Å². The molecule has 1 amide bonds. The Bertz CT molecular complexity index is 383. The Balaban J connectivity index is 2.53. The predicted molar refractivity (Wildman–Crippen MR) is 47.2 cm³/mol. The molecule has 13 heavy (non-hydrogen) atoms. The normalized spacial score (nSPS) is 11.2. The van der Waals surface area contributed by atoms with Gasteiger partial charge >= 0.3 is 0 Å². The van der Waals surface area contributed by atoms with Crippen molar-refractivity contribution in [3.05, 3.63) is 11.6 Å². The van der Waals surface area contributed by atoms with Gasteiger partial charge < -0.3 is 5.32 Å². The minimum atomic E-state index is -4.26. The lowest BCUT2D eigenvalue weighted by atomic mass is 10.7. The van der Waals surface area contributed by atoms with Crippen LogP contribution in [0, 0.1) is 0 Å². The van der Waals surface area contributed by atoms with Gasteiger partial charge in [-0.25, -0.2) is 4.98 Å². The zero-order valence-electron chi connectivity index (χ0n) is 6.30. The number of nitrogens with zero attached hydrogens (tertiary/aromatic N) is 1. The van der Waals surface area contributed by atoms with Gasteiger partial charge in [0.05, 0.1) is 0 Å². The van der Waals surface area contributed by atoms with Crippen LogP contribution in [0.1, 0.15) is 0 Å². The molecule has 0 unspecified atom stereocenters. The number of amides is 1. The van der Waals surface area contributed by atoms with E-state index in [2.05, 4.69) is 10.3 Å². The van der Waals surface area contributed by atoms with E-state index in [9.17, 15) is 13.2 Å². The summed E-state index contributed by atoms with van der Waals surface area (Å²) >= 11 is 1.16. The van der Waals surface area contributed by atoms with Crippen molar-refractivity contribution >= 4 is 32.5 Å². The Kier molecular flexibility index (Phi) is 2.96. The molecule has 0 aliphatic carbocycles. The summed E-state index contributed by atoms with van der Waals surface area (Å²) in [7, 11) is -4.26. The van der Waals surface area contributed by atoms with E-state index in [1.807, 2.05) is 0 Å². The molecule has 0 aliphatic heterocycles. The summed E-state index contributed by atoms with van der Waals surface area (Å²) in [5.41, 5.74) is 0. The lowest BCUT2D eigenvalue weighted by Gasteiger charge is -1.97. The molecule has 8 heteroatoms. The van der Waals surface area contributed by atoms with Crippen molar-refractivity contribution in [3.8, 4) is 0 Å². The highest BCUT2D eigenvalue weighted by Gasteiger charge is 2.13. The Labute approximate surface area is 78.4 Å². The summed E-state index contributed by atoms with van der Waals surface area (Å²) in [6, 6.07) is 0. The average molecular weight is 222 g/mol. The van der Waals surface area contributed by atoms with E-state index < -0.39 is 21.8 Å². The molecule has 0 bridgehead atoms. The van der Waals surface area contributed by atoms with Gasteiger partial charge in [-0.2, -0.15) is 8.42 Å². The Morgan fingerprint density at radius 1 is 1.69 bits per heavy atom. The molecular weight excluding hydrogens is 216 g/mol. The fourth-order valence-corrected chi connectivity index (χ4v) is 1.55. The van der Waals surface area contributed by atoms with Crippen molar-refractivity contribution in [3.63, 3.8) is 0 Å². The largest absolute Gasteiger partial charge is 0.301 e. The monoisotopic (exact) mass is 222 g/mol. The molecule has 1 aromatic heterocycles. The van der Waals surface area contributed by atoms with Crippen molar-refractivity contribution in [2.45, 2.75) is 0 Å². The van der Waals surface area contributed by atoms with Crippen LogP contribution >= 0.6 is 11.3 Å². The van der Waals surface area contributed by atoms with Gasteiger partial charge in [-0.15, -0.1) is 11.3 Å². The molecule has 0 saturated heterocycles. The summed E-state index contributed by atoms with van der Waals surface area (Å²) in [6.07, 6.45) is 1.47. The van der Waals surface area contributed by atoms with Crippen molar-refractivity contribution < 1.29 is 17.8 Å². The van der Waals surface area contributed by atoms with E-state index in [4.69, 9.17) is 4.55 Å². The molecule has 1 heterocycles. The molecule has 0 aromatic carbocycles. The number of hydrogen-bond donors (Lipinski definition) is 2. The van der Waals surface area contributed by atoms with Crippen LogP contribution in [0.5, 0.6) is 0 Å². The fraction of sp³-hybridized carbons (Fsp3) is 0.200. The van der Waals surface area contributed by atoms with Gasteiger partial charge in [-0.05, 0) is 0 Å². The third-order valence-corrected chi connectivity index (χ3v) is 2.31. The van der Waals surface area contributed by atoms with E-state index in [1.54, 1.807) is 5.38 Å². The number of nitrogens with one attached hydrogen (secondary N) is 1. The summed E-state index contributed by atoms with van der Waals surface area (Å²) in [5, 5.41) is 4.14. The van der Waals surface area contributed by atoms with Crippen LogP contribution in [0.25, 0.3) is 0 Å². The van der Waals surface area contributed by atoms with Crippen LogP contribution in [-0.2, 0) is 14.9 Å². The third kappa shape index (κ3) is 3.97. The molecule has 0 saturated carbocycles. The van der Waals surface area contributed by atoms with E-state index in [0.29, 0.717) is 5.13 Å². The number of hydrogen-bond acceptors (Lipinski definition) is 5. The lowest BCUT2D eigenvalue weighted by molar-refractivity contribution is -0.113. The van der Waals surface area contributed by atoms with E-state index in [0.717, 1.165) is 11.3 Å². The van der Waals surface area contributed by atoms with E-state index >= 15 is 0 Å². The summed E-state index contributed by atoms with van der Waals surface area (Å²) < 4.78 is 28.8.